The van der Waals surface area contributed by atoms with Crippen LogP contribution in [0.5, 0.6) is 0 Å². The standard InChI is InChI=1S/C16H13NO3/c18-10-13-6-2-1-5-12(13)9-17-16(20)15-8-4-3-7-14(15)11-19/h1-8,10-11H,9H2,(H,17,20). The van der Waals surface area contributed by atoms with Gasteiger partial charge >= 0.3 is 0 Å². The lowest BCUT2D eigenvalue weighted by Gasteiger charge is -2.08. The number of hydrogen-bond donors (Lipinski definition) is 1. The number of amides is 1. The van der Waals surface area contributed by atoms with E-state index in [2.05, 4.69) is 5.32 Å². The molecule has 0 unspecified atom stereocenters. The van der Waals surface area contributed by atoms with Crippen LogP contribution in [0.3, 0.4) is 0 Å². The Hall–Kier alpha value is -2.75. The minimum atomic E-state index is -0.339. The van der Waals surface area contributed by atoms with Gasteiger partial charge in [-0.1, -0.05) is 42.5 Å². The molecule has 1 N–H and O–H groups in total. The largest absolute Gasteiger partial charge is 0.348 e. The molecule has 4 nitrogen and oxygen atoms in total. The van der Waals surface area contributed by atoms with E-state index in [0.717, 1.165) is 11.8 Å². The molecule has 0 aliphatic heterocycles. The molecule has 0 saturated carbocycles. The maximum atomic E-state index is 12.0. The number of carbonyl (C=O) groups excluding carboxylic acids is 3. The minimum absolute atomic E-state index is 0.237. The average Bonchev–Trinajstić information content (AvgIpc) is 2.52. The molecule has 0 spiro atoms. The molecule has 4 heteroatoms. The van der Waals surface area contributed by atoms with E-state index in [9.17, 15) is 14.4 Å². The molecule has 0 bridgehead atoms. The Morgan fingerprint density at radius 3 is 2.20 bits per heavy atom. The average molecular weight is 267 g/mol. The molecule has 0 atom stereocenters. The molecule has 0 heterocycles. The predicted molar refractivity (Wildman–Crippen MR) is 74.8 cm³/mol. The molecule has 2 rings (SSSR count). The summed E-state index contributed by atoms with van der Waals surface area (Å²) in [5, 5.41) is 2.71. The summed E-state index contributed by atoms with van der Waals surface area (Å²) in [5.41, 5.74) is 1.94. The number of aldehydes is 2. The van der Waals surface area contributed by atoms with E-state index in [1.165, 1.54) is 0 Å². The van der Waals surface area contributed by atoms with Crippen molar-refractivity contribution in [3.8, 4) is 0 Å². The molecule has 0 aliphatic rings. The molecule has 100 valence electrons. The van der Waals surface area contributed by atoms with E-state index in [1.54, 1.807) is 48.5 Å². The number of hydrogen-bond acceptors (Lipinski definition) is 3. The maximum absolute atomic E-state index is 12.0. The first-order valence-corrected chi connectivity index (χ1v) is 6.11. The molecule has 0 aromatic heterocycles. The first kappa shape index (κ1) is 13.7. The molecule has 2 aromatic carbocycles. The van der Waals surface area contributed by atoms with Gasteiger partial charge in [-0.05, 0) is 11.6 Å². The second-order valence-corrected chi connectivity index (χ2v) is 4.20. The summed E-state index contributed by atoms with van der Waals surface area (Å²) in [6.07, 6.45) is 1.40. The highest BCUT2D eigenvalue weighted by Crippen LogP contribution is 2.08. The van der Waals surface area contributed by atoms with Crippen LogP contribution >= 0.6 is 0 Å². The Morgan fingerprint density at radius 2 is 1.50 bits per heavy atom. The molecular formula is C16H13NO3. The van der Waals surface area contributed by atoms with E-state index in [-0.39, 0.29) is 12.5 Å². The summed E-state index contributed by atoms with van der Waals surface area (Å²) in [6, 6.07) is 13.6. The summed E-state index contributed by atoms with van der Waals surface area (Å²) in [6.45, 7) is 0.237. The van der Waals surface area contributed by atoms with Crippen LogP contribution < -0.4 is 5.32 Å². The first-order chi connectivity index (χ1) is 9.76. The van der Waals surface area contributed by atoms with Crippen LogP contribution in [0.4, 0.5) is 0 Å². The van der Waals surface area contributed by atoms with Crippen molar-refractivity contribution in [1.82, 2.24) is 5.32 Å². The molecule has 2 aromatic rings. The lowest BCUT2D eigenvalue weighted by Crippen LogP contribution is -2.24. The third kappa shape index (κ3) is 2.98. The van der Waals surface area contributed by atoms with Crippen molar-refractivity contribution in [2.24, 2.45) is 0 Å². The van der Waals surface area contributed by atoms with E-state index in [1.807, 2.05) is 0 Å². The number of rotatable bonds is 5. The fraction of sp³-hybridized carbons (Fsp3) is 0.0625. The van der Waals surface area contributed by atoms with Gasteiger partial charge in [-0.25, -0.2) is 0 Å². The quantitative estimate of drug-likeness (QED) is 0.845. The van der Waals surface area contributed by atoms with Gasteiger partial charge < -0.3 is 5.32 Å². The van der Waals surface area contributed by atoms with Crippen LogP contribution in [0, 0.1) is 0 Å². The summed E-state index contributed by atoms with van der Waals surface area (Å²) in [7, 11) is 0. The van der Waals surface area contributed by atoms with Crippen molar-refractivity contribution < 1.29 is 14.4 Å². The van der Waals surface area contributed by atoms with Gasteiger partial charge in [0.25, 0.3) is 5.91 Å². The van der Waals surface area contributed by atoms with Crippen molar-refractivity contribution >= 4 is 18.5 Å². The third-order valence-corrected chi connectivity index (χ3v) is 2.95. The molecular weight excluding hydrogens is 254 g/mol. The molecule has 20 heavy (non-hydrogen) atoms. The zero-order chi connectivity index (χ0) is 14.4. The zero-order valence-corrected chi connectivity index (χ0v) is 10.7. The Balaban J connectivity index is 2.13. The Morgan fingerprint density at radius 1 is 0.900 bits per heavy atom. The van der Waals surface area contributed by atoms with Gasteiger partial charge in [0.15, 0.2) is 6.29 Å². The molecule has 0 radical (unpaired) electrons. The van der Waals surface area contributed by atoms with Gasteiger partial charge in [-0.3, -0.25) is 14.4 Å². The fourth-order valence-electron chi connectivity index (χ4n) is 1.89. The van der Waals surface area contributed by atoms with Gasteiger partial charge in [0.1, 0.15) is 6.29 Å². The van der Waals surface area contributed by atoms with Crippen molar-refractivity contribution in [2.45, 2.75) is 6.54 Å². The minimum Gasteiger partial charge on any atom is -0.348 e. The van der Waals surface area contributed by atoms with E-state index in [4.69, 9.17) is 0 Å². The Labute approximate surface area is 116 Å². The first-order valence-electron chi connectivity index (χ1n) is 6.11. The lowest BCUT2D eigenvalue weighted by molar-refractivity contribution is 0.0944. The van der Waals surface area contributed by atoms with Crippen molar-refractivity contribution in [3.05, 3.63) is 70.8 Å². The van der Waals surface area contributed by atoms with Crippen LogP contribution in [-0.4, -0.2) is 18.5 Å². The molecule has 1 amide bonds. The summed E-state index contributed by atoms with van der Waals surface area (Å²) in [5.74, 6) is -0.339. The lowest BCUT2D eigenvalue weighted by atomic mass is 10.1. The van der Waals surface area contributed by atoms with Gasteiger partial charge in [-0.2, -0.15) is 0 Å². The second kappa shape index (κ2) is 6.43. The van der Waals surface area contributed by atoms with Crippen molar-refractivity contribution in [2.75, 3.05) is 0 Å². The SMILES string of the molecule is O=Cc1ccccc1CNC(=O)c1ccccc1C=O. The van der Waals surface area contributed by atoms with Crippen LogP contribution in [0.1, 0.15) is 36.6 Å². The maximum Gasteiger partial charge on any atom is 0.252 e. The molecule has 0 saturated heterocycles. The normalized spacial score (nSPS) is 9.80. The highest BCUT2D eigenvalue weighted by Gasteiger charge is 2.10. The van der Waals surface area contributed by atoms with Gasteiger partial charge in [-0.15, -0.1) is 0 Å². The Bertz CT molecular complexity index is 650. The van der Waals surface area contributed by atoms with Gasteiger partial charge in [0.2, 0.25) is 0 Å². The fourth-order valence-corrected chi connectivity index (χ4v) is 1.89. The number of carbonyl (C=O) groups is 3. The zero-order valence-electron chi connectivity index (χ0n) is 10.7. The van der Waals surface area contributed by atoms with Gasteiger partial charge in [0, 0.05) is 23.2 Å². The van der Waals surface area contributed by atoms with Crippen LogP contribution in [-0.2, 0) is 6.54 Å². The summed E-state index contributed by atoms with van der Waals surface area (Å²) < 4.78 is 0. The van der Waals surface area contributed by atoms with E-state index in [0.29, 0.717) is 23.0 Å². The van der Waals surface area contributed by atoms with Crippen LogP contribution in [0.2, 0.25) is 0 Å². The highest BCUT2D eigenvalue weighted by atomic mass is 16.2. The monoisotopic (exact) mass is 267 g/mol. The highest BCUT2D eigenvalue weighted by molar-refractivity contribution is 6.01. The summed E-state index contributed by atoms with van der Waals surface area (Å²) >= 11 is 0. The third-order valence-electron chi connectivity index (χ3n) is 2.95. The van der Waals surface area contributed by atoms with Crippen LogP contribution in [0.25, 0.3) is 0 Å². The van der Waals surface area contributed by atoms with Gasteiger partial charge in [0.05, 0.1) is 0 Å². The smallest absolute Gasteiger partial charge is 0.252 e. The van der Waals surface area contributed by atoms with E-state index < -0.39 is 0 Å². The molecule has 0 aliphatic carbocycles. The second-order valence-electron chi connectivity index (χ2n) is 4.20. The van der Waals surface area contributed by atoms with Crippen molar-refractivity contribution in [3.63, 3.8) is 0 Å². The van der Waals surface area contributed by atoms with Crippen molar-refractivity contribution in [1.29, 1.82) is 0 Å². The number of nitrogens with one attached hydrogen (secondary N) is 1. The Kier molecular flexibility index (Phi) is 4.39. The summed E-state index contributed by atoms with van der Waals surface area (Å²) in [4.78, 5) is 33.8. The van der Waals surface area contributed by atoms with Crippen LogP contribution in [0.15, 0.2) is 48.5 Å². The topological polar surface area (TPSA) is 63.2 Å². The predicted octanol–water partition coefficient (Wildman–Crippen LogP) is 2.24. The van der Waals surface area contributed by atoms with E-state index >= 15 is 0 Å². The molecule has 0 fully saturated rings. The number of benzene rings is 2.